The van der Waals surface area contributed by atoms with Crippen molar-refractivity contribution in [2.24, 2.45) is 0 Å². The minimum absolute atomic E-state index is 0.310. The van der Waals surface area contributed by atoms with E-state index in [2.05, 4.69) is 4.98 Å². The number of methoxy groups -OCH3 is 1. The molecule has 0 radical (unpaired) electrons. The standard InChI is InChI=1S/C15H17N3O2/c1-10-6-4-5-7-12(10)18(2)14-13(16)11(8-9-17-14)15(19)20-3/h4-9H,16H2,1-3H3. The molecule has 2 N–H and O–H groups in total. The average Bonchev–Trinajstić information content (AvgIpc) is 2.46. The molecule has 0 aliphatic heterocycles. The Kier molecular flexibility index (Phi) is 3.89. The van der Waals surface area contributed by atoms with Crippen LogP contribution >= 0.6 is 0 Å². The van der Waals surface area contributed by atoms with Gasteiger partial charge < -0.3 is 15.4 Å². The van der Waals surface area contributed by atoms with Gasteiger partial charge in [0.25, 0.3) is 0 Å². The van der Waals surface area contributed by atoms with Gasteiger partial charge in [0.05, 0.1) is 18.4 Å². The number of benzene rings is 1. The highest BCUT2D eigenvalue weighted by Crippen LogP contribution is 2.30. The summed E-state index contributed by atoms with van der Waals surface area (Å²) >= 11 is 0. The maximum atomic E-state index is 11.7. The second-order valence-electron chi connectivity index (χ2n) is 4.43. The van der Waals surface area contributed by atoms with E-state index in [1.807, 2.05) is 43.1 Å². The molecule has 0 unspecified atom stereocenters. The van der Waals surface area contributed by atoms with Gasteiger partial charge in [0.15, 0.2) is 5.82 Å². The summed E-state index contributed by atoms with van der Waals surface area (Å²) in [6, 6.07) is 9.44. The summed E-state index contributed by atoms with van der Waals surface area (Å²) in [7, 11) is 3.19. The predicted octanol–water partition coefficient (Wildman–Crippen LogP) is 2.53. The molecular weight excluding hydrogens is 254 g/mol. The van der Waals surface area contributed by atoms with Crippen LogP contribution in [0.15, 0.2) is 36.5 Å². The molecule has 0 saturated carbocycles. The van der Waals surface area contributed by atoms with Gasteiger partial charge in [0.2, 0.25) is 0 Å². The Morgan fingerprint density at radius 1 is 1.30 bits per heavy atom. The lowest BCUT2D eigenvalue weighted by Gasteiger charge is -2.22. The zero-order valence-corrected chi connectivity index (χ0v) is 11.8. The van der Waals surface area contributed by atoms with Crippen LogP contribution in [-0.4, -0.2) is 25.1 Å². The van der Waals surface area contributed by atoms with E-state index in [1.165, 1.54) is 7.11 Å². The van der Waals surface area contributed by atoms with Crippen molar-refractivity contribution in [1.29, 1.82) is 0 Å². The molecule has 5 nitrogen and oxygen atoms in total. The minimum atomic E-state index is -0.468. The van der Waals surface area contributed by atoms with E-state index >= 15 is 0 Å². The third kappa shape index (κ3) is 2.42. The first-order valence-corrected chi connectivity index (χ1v) is 6.18. The monoisotopic (exact) mass is 271 g/mol. The highest BCUT2D eigenvalue weighted by atomic mass is 16.5. The number of rotatable bonds is 3. The third-order valence-electron chi connectivity index (χ3n) is 3.17. The second-order valence-corrected chi connectivity index (χ2v) is 4.43. The van der Waals surface area contributed by atoms with Crippen LogP contribution in [0, 0.1) is 6.92 Å². The topological polar surface area (TPSA) is 68.5 Å². The average molecular weight is 271 g/mol. The number of nitrogens with zero attached hydrogens (tertiary/aromatic N) is 2. The van der Waals surface area contributed by atoms with Crippen molar-refractivity contribution in [1.82, 2.24) is 4.98 Å². The fourth-order valence-electron chi connectivity index (χ4n) is 2.07. The van der Waals surface area contributed by atoms with Crippen LogP contribution in [-0.2, 0) is 4.74 Å². The van der Waals surface area contributed by atoms with Crippen LogP contribution in [0.25, 0.3) is 0 Å². The molecule has 0 spiro atoms. The van der Waals surface area contributed by atoms with Gasteiger partial charge in [-0.05, 0) is 24.6 Å². The summed E-state index contributed by atoms with van der Waals surface area (Å²) in [5, 5.41) is 0. The fraction of sp³-hybridized carbons (Fsp3) is 0.200. The van der Waals surface area contributed by atoms with Crippen LogP contribution in [0.4, 0.5) is 17.2 Å². The molecule has 20 heavy (non-hydrogen) atoms. The molecule has 0 atom stereocenters. The molecule has 1 heterocycles. The van der Waals surface area contributed by atoms with Crippen molar-refractivity contribution in [3.05, 3.63) is 47.7 Å². The number of hydrogen-bond donors (Lipinski definition) is 1. The Balaban J connectivity index is 2.48. The number of carbonyl (C=O) groups excluding carboxylic acids is 1. The molecule has 2 rings (SSSR count). The highest BCUT2D eigenvalue weighted by Gasteiger charge is 2.17. The van der Waals surface area contributed by atoms with Crippen LogP contribution in [0.3, 0.4) is 0 Å². The maximum Gasteiger partial charge on any atom is 0.340 e. The summed E-state index contributed by atoms with van der Waals surface area (Å²) in [6.45, 7) is 2.01. The molecular formula is C15H17N3O2. The molecule has 0 aliphatic rings. The Bertz CT molecular complexity index is 641. The maximum absolute atomic E-state index is 11.7. The molecule has 0 aliphatic carbocycles. The Morgan fingerprint density at radius 2 is 2.00 bits per heavy atom. The lowest BCUT2D eigenvalue weighted by molar-refractivity contribution is 0.0602. The van der Waals surface area contributed by atoms with Crippen LogP contribution in [0.5, 0.6) is 0 Å². The number of esters is 1. The fourth-order valence-corrected chi connectivity index (χ4v) is 2.07. The first-order valence-electron chi connectivity index (χ1n) is 6.18. The molecule has 104 valence electrons. The van der Waals surface area contributed by atoms with Gasteiger partial charge >= 0.3 is 5.97 Å². The number of aromatic nitrogens is 1. The van der Waals surface area contributed by atoms with Crippen molar-refractivity contribution in [2.75, 3.05) is 24.8 Å². The van der Waals surface area contributed by atoms with Crippen LogP contribution in [0.2, 0.25) is 0 Å². The van der Waals surface area contributed by atoms with Crippen molar-refractivity contribution in [2.45, 2.75) is 6.92 Å². The number of carbonyl (C=O) groups is 1. The van der Waals surface area contributed by atoms with Gasteiger partial charge in [-0.15, -0.1) is 0 Å². The zero-order valence-electron chi connectivity index (χ0n) is 11.8. The molecule has 1 aromatic carbocycles. The van der Waals surface area contributed by atoms with Crippen LogP contribution < -0.4 is 10.6 Å². The van der Waals surface area contributed by atoms with Crippen molar-refractivity contribution in [3.63, 3.8) is 0 Å². The largest absolute Gasteiger partial charge is 0.465 e. The van der Waals surface area contributed by atoms with Gasteiger partial charge in [0, 0.05) is 18.9 Å². The number of pyridine rings is 1. The molecule has 5 heteroatoms. The number of ether oxygens (including phenoxy) is 1. The molecule has 0 bridgehead atoms. The van der Waals surface area contributed by atoms with Gasteiger partial charge in [-0.3, -0.25) is 0 Å². The van der Waals surface area contributed by atoms with Gasteiger partial charge in [-0.25, -0.2) is 9.78 Å². The molecule has 0 fully saturated rings. The third-order valence-corrected chi connectivity index (χ3v) is 3.17. The van der Waals surface area contributed by atoms with Gasteiger partial charge in [-0.2, -0.15) is 0 Å². The normalized spacial score (nSPS) is 10.2. The summed E-state index contributed by atoms with van der Waals surface area (Å²) in [4.78, 5) is 17.8. The molecule has 0 amide bonds. The number of nitrogen functional groups attached to an aromatic ring is 1. The van der Waals surface area contributed by atoms with Crippen LogP contribution in [0.1, 0.15) is 15.9 Å². The van der Waals surface area contributed by atoms with E-state index in [9.17, 15) is 4.79 Å². The summed E-state index contributed by atoms with van der Waals surface area (Å²) in [5.74, 6) is 0.0616. The van der Waals surface area contributed by atoms with E-state index in [-0.39, 0.29) is 0 Å². The SMILES string of the molecule is COC(=O)c1ccnc(N(C)c2ccccc2C)c1N. The first kappa shape index (κ1) is 13.9. The number of nitrogens with two attached hydrogens (primary N) is 1. The lowest BCUT2D eigenvalue weighted by atomic mass is 10.1. The number of hydrogen-bond acceptors (Lipinski definition) is 5. The van der Waals surface area contributed by atoms with Gasteiger partial charge in [-0.1, -0.05) is 18.2 Å². The van der Waals surface area contributed by atoms with Crippen molar-refractivity contribution >= 4 is 23.2 Å². The summed E-state index contributed by atoms with van der Waals surface area (Å²) in [6.07, 6.45) is 1.55. The molecule has 2 aromatic rings. The smallest absolute Gasteiger partial charge is 0.340 e. The summed E-state index contributed by atoms with van der Waals surface area (Å²) < 4.78 is 4.72. The first-order chi connectivity index (χ1) is 9.56. The molecule has 0 saturated heterocycles. The molecule has 1 aromatic heterocycles. The second kappa shape index (κ2) is 5.61. The van der Waals surface area contributed by atoms with Crippen molar-refractivity contribution in [3.8, 4) is 0 Å². The van der Waals surface area contributed by atoms with Crippen molar-refractivity contribution < 1.29 is 9.53 Å². The van der Waals surface area contributed by atoms with Gasteiger partial charge in [0.1, 0.15) is 0 Å². The summed E-state index contributed by atoms with van der Waals surface area (Å²) in [5.41, 5.74) is 8.75. The predicted molar refractivity (Wildman–Crippen MR) is 79.2 cm³/mol. The minimum Gasteiger partial charge on any atom is -0.465 e. The number of aryl methyl sites for hydroxylation is 1. The Hall–Kier alpha value is -2.56. The van der Waals surface area contributed by atoms with E-state index in [0.29, 0.717) is 17.1 Å². The quantitative estimate of drug-likeness (QED) is 0.869. The van der Waals surface area contributed by atoms with E-state index in [1.54, 1.807) is 12.3 Å². The van der Waals surface area contributed by atoms with E-state index in [4.69, 9.17) is 10.5 Å². The highest BCUT2D eigenvalue weighted by molar-refractivity contribution is 5.98. The van der Waals surface area contributed by atoms with E-state index < -0.39 is 5.97 Å². The zero-order chi connectivity index (χ0) is 14.7. The Labute approximate surface area is 118 Å². The number of anilines is 3. The van der Waals surface area contributed by atoms with E-state index in [0.717, 1.165) is 11.3 Å². The number of para-hydroxylation sites is 1. The Morgan fingerprint density at radius 3 is 2.65 bits per heavy atom. The lowest BCUT2D eigenvalue weighted by Crippen LogP contribution is -2.17.